The maximum atomic E-state index is 12.9. The highest BCUT2D eigenvalue weighted by Crippen LogP contribution is 2.34. The molecule has 118 valence electrons. The summed E-state index contributed by atoms with van der Waals surface area (Å²) in [4.78, 5) is 19.7. The van der Waals surface area contributed by atoms with Crippen LogP contribution in [0, 0.1) is 6.92 Å². The summed E-state index contributed by atoms with van der Waals surface area (Å²) in [5.41, 5.74) is 3.45. The lowest BCUT2D eigenvalue weighted by molar-refractivity contribution is 0.408. The quantitative estimate of drug-likeness (QED) is 0.742. The lowest BCUT2D eigenvalue weighted by Gasteiger charge is -2.11. The van der Waals surface area contributed by atoms with Crippen LogP contribution in [0.15, 0.2) is 29.3 Å². The number of ether oxygens (including phenoxy) is 1. The molecule has 0 saturated heterocycles. The Morgan fingerprint density at radius 3 is 3.04 bits per heavy atom. The Morgan fingerprint density at radius 1 is 1.35 bits per heavy atom. The third-order valence-electron chi connectivity index (χ3n) is 4.47. The van der Waals surface area contributed by atoms with Gasteiger partial charge in [-0.15, -0.1) is 11.3 Å². The van der Waals surface area contributed by atoms with E-state index in [2.05, 4.69) is 11.1 Å². The smallest absolute Gasteiger partial charge is 0.262 e. The Bertz CT molecular complexity index is 956. The van der Waals surface area contributed by atoms with Gasteiger partial charge in [-0.05, 0) is 37.8 Å². The van der Waals surface area contributed by atoms with E-state index in [9.17, 15) is 4.79 Å². The molecule has 0 bridgehead atoms. The zero-order valence-corrected chi connectivity index (χ0v) is 14.1. The second-order valence-electron chi connectivity index (χ2n) is 6.03. The van der Waals surface area contributed by atoms with Crippen LogP contribution in [0.4, 0.5) is 0 Å². The number of methoxy groups -OCH3 is 1. The summed E-state index contributed by atoms with van der Waals surface area (Å²) in [6.45, 7) is 2.52. The lowest BCUT2D eigenvalue weighted by Crippen LogP contribution is -2.21. The summed E-state index contributed by atoms with van der Waals surface area (Å²) in [5, 5.41) is 0.830. The molecule has 0 N–H and O–H groups in total. The molecule has 2 aromatic heterocycles. The topological polar surface area (TPSA) is 44.1 Å². The van der Waals surface area contributed by atoms with E-state index < -0.39 is 0 Å². The van der Waals surface area contributed by atoms with Crippen molar-refractivity contribution >= 4 is 21.6 Å². The molecular formula is C18H18N2O2S. The molecule has 1 aliphatic carbocycles. The summed E-state index contributed by atoms with van der Waals surface area (Å²) in [7, 11) is 1.66. The Morgan fingerprint density at radius 2 is 2.22 bits per heavy atom. The molecule has 5 heteroatoms. The molecule has 2 heterocycles. The summed E-state index contributed by atoms with van der Waals surface area (Å²) in [6, 6.07) is 6.02. The number of benzene rings is 1. The molecule has 0 spiro atoms. The molecule has 1 aromatic carbocycles. The third kappa shape index (κ3) is 2.36. The Balaban J connectivity index is 1.83. The molecule has 1 aliphatic rings. The highest BCUT2D eigenvalue weighted by Gasteiger charge is 2.21. The number of nitrogens with zero attached hydrogens (tertiary/aromatic N) is 2. The van der Waals surface area contributed by atoms with Crippen LogP contribution in [0.1, 0.15) is 28.0 Å². The Labute approximate surface area is 138 Å². The zero-order valence-electron chi connectivity index (χ0n) is 13.3. The van der Waals surface area contributed by atoms with E-state index in [0.717, 1.165) is 46.4 Å². The van der Waals surface area contributed by atoms with Crippen LogP contribution < -0.4 is 10.3 Å². The van der Waals surface area contributed by atoms with Gasteiger partial charge in [0.2, 0.25) is 0 Å². The number of aromatic nitrogens is 2. The van der Waals surface area contributed by atoms with Gasteiger partial charge in [-0.2, -0.15) is 0 Å². The second-order valence-corrected chi connectivity index (χ2v) is 7.11. The van der Waals surface area contributed by atoms with Gasteiger partial charge in [-0.1, -0.05) is 17.7 Å². The molecular weight excluding hydrogens is 308 g/mol. The van der Waals surface area contributed by atoms with Crippen molar-refractivity contribution in [3.63, 3.8) is 0 Å². The fraction of sp³-hybridized carbons (Fsp3) is 0.333. The minimum absolute atomic E-state index is 0.0676. The molecule has 0 unspecified atom stereocenters. The van der Waals surface area contributed by atoms with E-state index in [-0.39, 0.29) is 5.56 Å². The molecule has 4 rings (SSSR count). The van der Waals surface area contributed by atoms with Gasteiger partial charge in [-0.25, -0.2) is 4.98 Å². The number of fused-ring (bicyclic) bond motifs is 3. The maximum Gasteiger partial charge on any atom is 0.262 e. The standard InChI is InChI=1S/C18H18N2O2S/c1-11-6-7-14(22-2)12(8-11)9-20-10-19-17-16(18(20)21)13-4-3-5-15(13)23-17/h6-8,10H,3-5,9H2,1-2H3. The Hall–Kier alpha value is -2.14. The minimum Gasteiger partial charge on any atom is -0.496 e. The fourth-order valence-corrected chi connectivity index (χ4v) is 4.57. The highest BCUT2D eigenvalue weighted by molar-refractivity contribution is 7.18. The first-order valence-electron chi connectivity index (χ1n) is 7.80. The molecule has 0 amide bonds. The van der Waals surface area contributed by atoms with Crippen molar-refractivity contribution in [3.8, 4) is 5.75 Å². The molecule has 0 radical (unpaired) electrons. The van der Waals surface area contributed by atoms with Gasteiger partial charge in [0.05, 0.1) is 25.4 Å². The monoisotopic (exact) mass is 326 g/mol. The second kappa shape index (κ2) is 5.49. The predicted molar refractivity (Wildman–Crippen MR) is 92.7 cm³/mol. The van der Waals surface area contributed by atoms with Crippen molar-refractivity contribution in [3.05, 3.63) is 56.4 Å². The largest absolute Gasteiger partial charge is 0.496 e. The Kier molecular flexibility index (Phi) is 3.45. The van der Waals surface area contributed by atoms with Crippen molar-refractivity contribution in [2.45, 2.75) is 32.7 Å². The molecule has 0 aliphatic heterocycles. The van der Waals surface area contributed by atoms with Crippen molar-refractivity contribution in [1.29, 1.82) is 0 Å². The van der Waals surface area contributed by atoms with E-state index in [1.807, 2.05) is 19.1 Å². The minimum atomic E-state index is 0.0676. The normalized spacial score (nSPS) is 13.5. The van der Waals surface area contributed by atoms with E-state index in [0.29, 0.717) is 6.54 Å². The van der Waals surface area contributed by atoms with Crippen LogP contribution in [0.3, 0.4) is 0 Å². The van der Waals surface area contributed by atoms with Gasteiger partial charge < -0.3 is 4.74 Å². The number of aryl methyl sites for hydroxylation is 3. The van der Waals surface area contributed by atoms with Gasteiger partial charge in [0.25, 0.3) is 5.56 Å². The molecule has 23 heavy (non-hydrogen) atoms. The van der Waals surface area contributed by atoms with Gasteiger partial charge in [0.1, 0.15) is 10.6 Å². The van der Waals surface area contributed by atoms with E-state index >= 15 is 0 Å². The van der Waals surface area contributed by atoms with Gasteiger partial charge >= 0.3 is 0 Å². The first kappa shape index (κ1) is 14.5. The highest BCUT2D eigenvalue weighted by atomic mass is 32.1. The van der Waals surface area contributed by atoms with Gasteiger partial charge in [-0.3, -0.25) is 9.36 Å². The summed E-state index contributed by atoms with van der Waals surface area (Å²) in [6.07, 6.45) is 4.90. The van der Waals surface area contributed by atoms with Crippen molar-refractivity contribution in [2.24, 2.45) is 0 Å². The van der Waals surface area contributed by atoms with Crippen LogP contribution >= 0.6 is 11.3 Å². The van der Waals surface area contributed by atoms with Crippen LogP contribution in [0.2, 0.25) is 0 Å². The SMILES string of the molecule is COc1ccc(C)cc1Cn1cnc2sc3c(c2c1=O)CCC3. The third-order valence-corrected chi connectivity index (χ3v) is 5.67. The van der Waals surface area contributed by atoms with E-state index in [4.69, 9.17) is 4.74 Å². The fourth-order valence-electron chi connectivity index (χ4n) is 3.35. The van der Waals surface area contributed by atoms with Crippen LogP contribution in [-0.2, 0) is 19.4 Å². The maximum absolute atomic E-state index is 12.9. The first-order valence-corrected chi connectivity index (χ1v) is 8.62. The average Bonchev–Trinajstić information content (AvgIpc) is 3.11. The predicted octanol–water partition coefficient (Wildman–Crippen LogP) is 3.31. The van der Waals surface area contributed by atoms with Crippen molar-refractivity contribution in [2.75, 3.05) is 7.11 Å². The molecule has 4 nitrogen and oxygen atoms in total. The van der Waals surface area contributed by atoms with Gasteiger partial charge in [0.15, 0.2) is 0 Å². The summed E-state index contributed by atoms with van der Waals surface area (Å²) < 4.78 is 7.12. The van der Waals surface area contributed by atoms with Crippen molar-refractivity contribution in [1.82, 2.24) is 9.55 Å². The van der Waals surface area contributed by atoms with Crippen LogP contribution in [-0.4, -0.2) is 16.7 Å². The molecule has 0 atom stereocenters. The number of thiophene rings is 1. The summed E-state index contributed by atoms with van der Waals surface area (Å²) in [5.74, 6) is 0.804. The molecule has 0 fully saturated rings. The van der Waals surface area contributed by atoms with Crippen molar-refractivity contribution < 1.29 is 4.74 Å². The molecule has 0 saturated carbocycles. The van der Waals surface area contributed by atoms with Gasteiger partial charge in [0, 0.05) is 10.4 Å². The number of hydrogen-bond donors (Lipinski definition) is 0. The lowest BCUT2D eigenvalue weighted by atomic mass is 10.1. The summed E-state index contributed by atoms with van der Waals surface area (Å²) >= 11 is 1.68. The molecule has 3 aromatic rings. The van der Waals surface area contributed by atoms with E-state index in [1.54, 1.807) is 29.3 Å². The van der Waals surface area contributed by atoms with E-state index in [1.165, 1.54) is 10.4 Å². The number of hydrogen-bond acceptors (Lipinski definition) is 4. The first-order chi connectivity index (χ1) is 11.2. The average molecular weight is 326 g/mol. The van der Waals surface area contributed by atoms with Crippen LogP contribution in [0.25, 0.3) is 10.2 Å². The zero-order chi connectivity index (χ0) is 16.0. The van der Waals surface area contributed by atoms with Crippen LogP contribution in [0.5, 0.6) is 5.75 Å². The number of rotatable bonds is 3.